The minimum Gasteiger partial charge on any atom is -0.396 e. The van der Waals surface area contributed by atoms with Crippen molar-refractivity contribution < 1.29 is 29.2 Å². The normalized spacial score (nSPS) is 35.8. The average molecular weight is 278 g/mol. The molecule has 0 aromatic rings. The van der Waals surface area contributed by atoms with Crippen LogP contribution in [0.3, 0.4) is 0 Å². The van der Waals surface area contributed by atoms with E-state index in [-0.39, 0.29) is 37.3 Å². The molecule has 0 bridgehead atoms. The van der Waals surface area contributed by atoms with Crippen molar-refractivity contribution in [3.63, 3.8) is 0 Å². The summed E-state index contributed by atoms with van der Waals surface area (Å²) in [5.74, 6) is -0.477. The first-order chi connectivity index (χ1) is 9.08. The van der Waals surface area contributed by atoms with Crippen molar-refractivity contribution in [2.45, 2.75) is 38.4 Å². The van der Waals surface area contributed by atoms with Crippen molar-refractivity contribution in [3.8, 4) is 0 Å². The molecule has 0 spiro atoms. The van der Waals surface area contributed by atoms with E-state index in [1.807, 2.05) is 13.8 Å². The van der Waals surface area contributed by atoms with Crippen molar-refractivity contribution in [1.82, 2.24) is 0 Å². The number of aliphatic hydroxyl groups is 2. The van der Waals surface area contributed by atoms with Gasteiger partial charge in [0.1, 0.15) is 6.10 Å². The Morgan fingerprint density at radius 3 is 2.16 bits per heavy atom. The zero-order valence-corrected chi connectivity index (χ0v) is 12.1. The Balaban J connectivity index is 2.88. The largest absolute Gasteiger partial charge is 0.396 e. The van der Waals surface area contributed by atoms with Crippen LogP contribution in [0.5, 0.6) is 0 Å². The summed E-state index contributed by atoms with van der Waals surface area (Å²) in [6.07, 6.45) is -1.30. The van der Waals surface area contributed by atoms with Crippen LogP contribution in [0.15, 0.2) is 0 Å². The molecule has 5 atom stereocenters. The molecular formula is C13H26O6. The molecule has 6 heteroatoms. The van der Waals surface area contributed by atoms with Gasteiger partial charge in [0.2, 0.25) is 0 Å². The third-order valence-corrected chi connectivity index (χ3v) is 3.46. The molecule has 0 saturated carbocycles. The predicted octanol–water partition coefficient (Wildman–Crippen LogP) is 0.0147. The van der Waals surface area contributed by atoms with E-state index < -0.39 is 12.4 Å². The van der Waals surface area contributed by atoms with Crippen molar-refractivity contribution in [3.05, 3.63) is 0 Å². The summed E-state index contributed by atoms with van der Waals surface area (Å²) in [5.41, 5.74) is 0. The summed E-state index contributed by atoms with van der Waals surface area (Å²) in [7, 11) is 3.13. The third kappa shape index (κ3) is 4.11. The number of methoxy groups -OCH3 is 2. The van der Waals surface area contributed by atoms with E-state index in [4.69, 9.17) is 18.9 Å². The summed E-state index contributed by atoms with van der Waals surface area (Å²) in [6, 6.07) is 0. The molecule has 19 heavy (non-hydrogen) atoms. The van der Waals surface area contributed by atoms with Gasteiger partial charge in [-0.2, -0.15) is 0 Å². The monoisotopic (exact) mass is 278 g/mol. The van der Waals surface area contributed by atoms with Gasteiger partial charge in [-0.15, -0.1) is 0 Å². The Hall–Kier alpha value is -0.240. The minimum atomic E-state index is -0.565. The first kappa shape index (κ1) is 16.8. The van der Waals surface area contributed by atoms with Crippen LogP contribution < -0.4 is 0 Å². The molecule has 0 aliphatic carbocycles. The molecule has 1 aliphatic rings. The van der Waals surface area contributed by atoms with E-state index in [0.29, 0.717) is 6.61 Å². The van der Waals surface area contributed by atoms with E-state index in [1.165, 1.54) is 0 Å². The molecular weight excluding hydrogens is 252 g/mol. The van der Waals surface area contributed by atoms with Crippen LogP contribution in [0.25, 0.3) is 0 Å². The van der Waals surface area contributed by atoms with Gasteiger partial charge in [0.25, 0.3) is 0 Å². The summed E-state index contributed by atoms with van der Waals surface area (Å²) >= 11 is 0. The Labute approximate surface area is 114 Å². The fourth-order valence-corrected chi connectivity index (χ4v) is 2.55. The molecule has 1 heterocycles. The maximum atomic E-state index is 9.59. The van der Waals surface area contributed by atoms with Crippen LogP contribution in [0.4, 0.5) is 0 Å². The second kappa shape index (κ2) is 8.14. The molecule has 1 saturated heterocycles. The Morgan fingerprint density at radius 1 is 1.11 bits per heavy atom. The topological polar surface area (TPSA) is 77.4 Å². The molecule has 0 radical (unpaired) electrons. The summed E-state index contributed by atoms with van der Waals surface area (Å²) in [6.45, 7) is 3.98. The lowest BCUT2D eigenvalue weighted by molar-refractivity contribution is -0.300. The van der Waals surface area contributed by atoms with E-state index in [9.17, 15) is 10.2 Å². The lowest BCUT2D eigenvalue weighted by Gasteiger charge is -2.45. The summed E-state index contributed by atoms with van der Waals surface area (Å²) in [5, 5.41) is 19.1. The molecule has 0 amide bonds. The van der Waals surface area contributed by atoms with Crippen molar-refractivity contribution in [2.24, 2.45) is 11.8 Å². The van der Waals surface area contributed by atoms with E-state index in [0.717, 1.165) is 0 Å². The first-order valence-corrected chi connectivity index (χ1v) is 6.63. The highest BCUT2D eigenvalue weighted by molar-refractivity contribution is 4.89. The smallest absolute Gasteiger partial charge is 0.184 e. The maximum absolute atomic E-state index is 9.59. The first-order valence-electron chi connectivity index (χ1n) is 6.63. The van der Waals surface area contributed by atoms with Gasteiger partial charge in [0.15, 0.2) is 6.29 Å². The van der Waals surface area contributed by atoms with Crippen LogP contribution in [0.2, 0.25) is 0 Å². The summed E-state index contributed by atoms with van der Waals surface area (Å²) in [4.78, 5) is 0. The minimum absolute atomic E-state index is 0.0177. The van der Waals surface area contributed by atoms with Gasteiger partial charge in [-0.25, -0.2) is 0 Å². The van der Waals surface area contributed by atoms with Gasteiger partial charge in [0, 0.05) is 39.3 Å². The van der Waals surface area contributed by atoms with Crippen molar-refractivity contribution >= 4 is 0 Å². The average Bonchev–Trinajstić information content (AvgIpc) is 2.37. The third-order valence-electron chi connectivity index (χ3n) is 3.46. The van der Waals surface area contributed by atoms with Gasteiger partial charge in [-0.1, -0.05) is 0 Å². The molecule has 1 rings (SSSR count). The fourth-order valence-electron chi connectivity index (χ4n) is 2.55. The van der Waals surface area contributed by atoms with Crippen LogP contribution in [-0.2, 0) is 18.9 Å². The van der Waals surface area contributed by atoms with Crippen LogP contribution in [0.1, 0.15) is 13.8 Å². The van der Waals surface area contributed by atoms with E-state index in [2.05, 4.69) is 0 Å². The standard InChI is InChI=1S/C13H26O6/c1-8(2)18-13-12(17-4)10(6-15)9(5-14)11(19-13)7-16-3/h8-15H,5-7H2,1-4H3. The van der Waals surface area contributed by atoms with Gasteiger partial charge in [0.05, 0.1) is 18.8 Å². The van der Waals surface area contributed by atoms with Crippen molar-refractivity contribution in [1.29, 1.82) is 0 Å². The molecule has 0 aromatic carbocycles. The van der Waals surface area contributed by atoms with Gasteiger partial charge < -0.3 is 29.2 Å². The number of aliphatic hydroxyl groups excluding tert-OH is 2. The quantitative estimate of drug-likeness (QED) is 0.683. The lowest BCUT2D eigenvalue weighted by atomic mass is 9.82. The molecule has 1 aliphatic heterocycles. The maximum Gasteiger partial charge on any atom is 0.184 e. The highest BCUT2D eigenvalue weighted by atomic mass is 16.7. The van der Waals surface area contributed by atoms with E-state index >= 15 is 0 Å². The second-order valence-electron chi connectivity index (χ2n) is 5.08. The Kier molecular flexibility index (Phi) is 7.20. The SMILES string of the molecule is COCC1OC(OC(C)C)C(OC)C(CO)C1CO. The Bertz CT molecular complexity index is 247. The van der Waals surface area contributed by atoms with Crippen molar-refractivity contribution in [2.75, 3.05) is 34.0 Å². The number of ether oxygens (including phenoxy) is 4. The van der Waals surface area contributed by atoms with Gasteiger partial charge in [-0.3, -0.25) is 0 Å². The number of hydrogen-bond donors (Lipinski definition) is 2. The predicted molar refractivity (Wildman–Crippen MR) is 68.7 cm³/mol. The van der Waals surface area contributed by atoms with E-state index in [1.54, 1.807) is 14.2 Å². The molecule has 6 nitrogen and oxygen atoms in total. The second-order valence-corrected chi connectivity index (χ2v) is 5.08. The molecule has 1 fully saturated rings. The highest BCUT2D eigenvalue weighted by Crippen LogP contribution is 2.33. The lowest BCUT2D eigenvalue weighted by Crippen LogP contribution is -2.56. The fraction of sp³-hybridized carbons (Fsp3) is 1.00. The molecule has 2 N–H and O–H groups in total. The number of hydrogen-bond acceptors (Lipinski definition) is 6. The zero-order chi connectivity index (χ0) is 14.4. The van der Waals surface area contributed by atoms with Crippen LogP contribution in [0, 0.1) is 11.8 Å². The molecule has 5 unspecified atom stereocenters. The van der Waals surface area contributed by atoms with Crippen LogP contribution in [-0.4, -0.2) is 68.9 Å². The van der Waals surface area contributed by atoms with Crippen LogP contribution >= 0.6 is 0 Å². The number of rotatable bonds is 7. The summed E-state index contributed by atoms with van der Waals surface area (Å²) < 4.78 is 22.1. The molecule has 0 aromatic heterocycles. The highest BCUT2D eigenvalue weighted by Gasteiger charge is 2.46. The van der Waals surface area contributed by atoms with Gasteiger partial charge in [-0.05, 0) is 13.8 Å². The zero-order valence-electron chi connectivity index (χ0n) is 12.1. The Morgan fingerprint density at radius 2 is 1.74 bits per heavy atom. The van der Waals surface area contributed by atoms with Gasteiger partial charge >= 0.3 is 0 Å². The molecule has 114 valence electrons.